The Hall–Kier alpha value is -3.59. The summed E-state index contributed by atoms with van der Waals surface area (Å²) >= 11 is 0. The first-order chi connectivity index (χ1) is 13.1. The summed E-state index contributed by atoms with van der Waals surface area (Å²) in [5.74, 6) is -0.213. The number of hydrogen-bond acceptors (Lipinski definition) is 2. The van der Waals surface area contributed by atoms with Gasteiger partial charge < -0.3 is 9.67 Å². The predicted molar refractivity (Wildman–Crippen MR) is 107 cm³/mol. The van der Waals surface area contributed by atoms with Crippen LogP contribution in [0.5, 0.6) is 5.75 Å². The Morgan fingerprint density at radius 2 is 1.48 bits per heavy atom. The van der Waals surface area contributed by atoms with Gasteiger partial charge in [0.05, 0.1) is 17.0 Å². The lowest BCUT2D eigenvalue weighted by Gasteiger charge is -2.14. The zero-order valence-corrected chi connectivity index (χ0v) is 15.0. The Balaban J connectivity index is 1.93. The molecule has 4 rings (SSSR count). The summed E-state index contributed by atoms with van der Waals surface area (Å²) in [4.78, 5) is 13.3. The van der Waals surface area contributed by atoms with Crippen molar-refractivity contribution >= 4 is 5.78 Å². The summed E-state index contributed by atoms with van der Waals surface area (Å²) in [6.45, 7) is 1.90. The molecule has 1 N–H and O–H groups in total. The molecule has 0 atom stereocenters. The molecule has 0 bridgehead atoms. The summed E-state index contributed by atoms with van der Waals surface area (Å²) in [6, 6.07) is 28.6. The molecule has 0 aliphatic rings. The molecule has 0 radical (unpaired) electrons. The van der Waals surface area contributed by atoms with Gasteiger partial charge in [0.15, 0.2) is 0 Å². The Labute approximate surface area is 158 Å². The molecule has 27 heavy (non-hydrogen) atoms. The number of rotatable bonds is 4. The van der Waals surface area contributed by atoms with Crippen LogP contribution in [0.2, 0.25) is 0 Å². The number of para-hydroxylation sites is 1. The molecule has 0 aliphatic carbocycles. The Morgan fingerprint density at radius 3 is 2.19 bits per heavy atom. The Morgan fingerprint density at radius 1 is 0.815 bits per heavy atom. The number of carbonyl (C=O) groups is 1. The quantitative estimate of drug-likeness (QED) is 0.500. The lowest BCUT2D eigenvalue weighted by molar-refractivity contribution is 0.103. The van der Waals surface area contributed by atoms with Gasteiger partial charge in [-0.1, -0.05) is 60.2 Å². The largest absolute Gasteiger partial charge is 0.507 e. The van der Waals surface area contributed by atoms with E-state index in [4.69, 9.17) is 0 Å². The van der Waals surface area contributed by atoms with Gasteiger partial charge in [-0.2, -0.15) is 0 Å². The zero-order chi connectivity index (χ0) is 18.8. The lowest BCUT2D eigenvalue weighted by atomic mass is 10.0. The van der Waals surface area contributed by atoms with Crippen molar-refractivity contribution in [3.05, 3.63) is 108 Å². The van der Waals surface area contributed by atoms with E-state index in [-0.39, 0.29) is 11.5 Å². The molecule has 0 spiro atoms. The van der Waals surface area contributed by atoms with Gasteiger partial charge in [0.2, 0.25) is 5.78 Å². The van der Waals surface area contributed by atoms with Crippen LogP contribution in [-0.2, 0) is 0 Å². The third-order valence-corrected chi connectivity index (χ3v) is 4.59. The molecule has 0 saturated carbocycles. The molecule has 1 aromatic heterocycles. The second kappa shape index (κ2) is 6.96. The van der Waals surface area contributed by atoms with Gasteiger partial charge in [-0.25, -0.2) is 0 Å². The van der Waals surface area contributed by atoms with Crippen molar-refractivity contribution < 1.29 is 9.90 Å². The van der Waals surface area contributed by atoms with E-state index >= 15 is 0 Å². The molecule has 3 nitrogen and oxygen atoms in total. The maximum absolute atomic E-state index is 13.3. The molecule has 1 heterocycles. The van der Waals surface area contributed by atoms with Crippen LogP contribution >= 0.6 is 0 Å². The minimum absolute atomic E-state index is 0.00678. The van der Waals surface area contributed by atoms with Gasteiger partial charge in [0.25, 0.3) is 0 Å². The number of phenolic OH excluding ortho intramolecular Hbond substituents is 1. The average molecular weight is 353 g/mol. The number of hydrogen-bond donors (Lipinski definition) is 1. The second-order valence-electron chi connectivity index (χ2n) is 6.49. The first-order valence-corrected chi connectivity index (χ1v) is 8.82. The number of phenols is 1. The normalized spacial score (nSPS) is 10.7. The molecule has 0 amide bonds. The van der Waals surface area contributed by atoms with Crippen LogP contribution < -0.4 is 0 Å². The lowest BCUT2D eigenvalue weighted by Crippen LogP contribution is -2.10. The Bertz CT molecular complexity index is 1100. The molecular weight excluding hydrogens is 334 g/mol. The molecule has 4 aromatic rings. The monoisotopic (exact) mass is 353 g/mol. The van der Waals surface area contributed by atoms with Crippen LogP contribution in [0.4, 0.5) is 0 Å². The fourth-order valence-corrected chi connectivity index (χ4v) is 3.27. The average Bonchev–Trinajstić information content (AvgIpc) is 3.16. The van der Waals surface area contributed by atoms with E-state index in [0.717, 1.165) is 22.5 Å². The van der Waals surface area contributed by atoms with Crippen LogP contribution in [0.3, 0.4) is 0 Å². The number of aryl methyl sites for hydroxylation is 1. The summed E-state index contributed by atoms with van der Waals surface area (Å²) in [7, 11) is 0. The van der Waals surface area contributed by atoms with Crippen molar-refractivity contribution in [3.8, 4) is 22.7 Å². The maximum atomic E-state index is 13.3. The number of ketones is 1. The van der Waals surface area contributed by atoms with Crippen molar-refractivity contribution in [2.45, 2.75) is 6.92 Å². The van der Waals surface area contributed by atoms with Gasteiger partial charge in [-0.3, -0.25) is 4.79 Å². The van der Waals surface area contributed by atoms with Crippen molar-refractivity contribution in [1.29, 1.82) is 0 Å². The molecular formula is C24H19NO2. The molecule has 132 valence electrons. The standard InChI is InChI=1S/C24H19NO2/c1-17-12-15-23(26)20(16-17)24(27)22-14-13-21(18-8-4-2-5-9-18)25(22)19-10-6-3-7-11-19/h2-16,26H,1H3. The highest BCUT2D eigenvalue weighted by Gasteiger charge is 2.21. The SMILES string of the molecule is Cc1ccc(O)c(C(=O)c2ccc(-c3ccccc3)n2-c2ccccc2)c1. The smallest absolute Gasteiger partial charge is 0.213 e. The topological polar surface area (TPSA) is 42.2 Å². The minimum Gasteiger partial charge on any atom is -0.507 e. The van der Waals surface area contributed by atoms with E-state index in [1.165, 1.54) is 0 Å². The van der Waals surface area contributed by atoms with Gasteiger partial charge >= 0.3 is 0 Å². The van der Waals surface area contributed by atoms with Crippen LogP contribution in [0.15, 0.2) is 91.0 Å². The van der Waals surface area contributed by atoms with Crippen LogP contribution in [0.1, 0.15) is 21.6 Å². The number of aromatic hydroxyl groups is 1. The first kappa shape index (κ1) is 16.9. The second-order valence-corrected chi connectivity index (χ2v) is 6.49. The van der Waals surface area contributed by atoms with E-state index in [0.29, 0.717) is 11.3 Å². The molecule has 0 fully saturated rings. The highest BCUT2D eigenvalue weighted by Crippen LogP contribution is 2.30. The van der Waals surface area contributed by atoms with Crippen LogP contribution in [-0.4, -0.2) is 15.5 Å². The first-order valence-electron chi connectivity index (χ1n) is 8.82. The van der Waals surface area contributed by atoms with E-state index < -0.39 is 0 Å². The van der Waals surface area contributed by atoms with Gasteiger partial charge in [0, 0.05) is 5.69 Å². The van der Waals surface area contributed by atoms with Crippen LogP contribution in [0.25, 0.3) is 16.9 Å². The summed E-state index contributed by atoms with van der Waals surface area (Å²) in [6.07, 6.45) is 0. The molecule has 3 heteroatoms. The van der Waals surface area contributed by atoms with E-state index in [1.54, 1.807) is 18.2 Å². The van der Waals surface area contributed by atoms with Crippen molar-refractivity contribution in [2.75, 3.05) is 0 Å². The molecule has 3 aromatic carbocycles. The van der Waals surface area contributed by atoms with Gasteiger partial charge in [-0.05, 0) is 48.9 Å². The van der Waals surface area contributed by atoms with Gasteiger partial charge in [0.1, 0.15) is 5.75 Å². The summed E-state index contributed by atoms with van der Waals surface area (Å²) in [5, 5.41) is 10.2. The summed E-state index contributed by atoms with van der Waals surface area (Å²) in [5.41, 5.74) is 4.60. The third-order valence-electron chi connectivity index (χ3n) is 4.59. The zero-order valence-electron chi connectivity index (χ0n) is 15.0. The molecule has 0 unspecified atom stereocenters. The molecule has 0 aliphatic heterocycles. The van der Waals surface area contributed by atoms with Crippen molar-refractivity contribution in [3.63, 3.8) is 0 Å². The predicted octanol–water partition coefficient (Wildman–Crippen LogP) is 5.39. The van der Waals surface area contributed by atoms with Crippen molar-refractivity contribution in [2.24, 2.45) is 0 Å². The fourth-order valence-electron chi connectivity index (χ4n) is 3.27. The number of aromatic nitrogens is 1. The van der Waals surface area contributed by atoms with Gasteiger partial charge in [-0.15, -0.1) is 0 Å². The third kappa shape index (κ3) is 3.15. The minimum atomic E-state index is -0.206. The highest BCUT2D eigenvalue weighted by atomic mass is 16.3. The fraction of sp³-hybridized carbons (Fsp3) is 0.0417. The Kier molecular flexibility index (Phi) is 4.35. The number of carbonyl (C=O) groups excluding carboxylic acids is 1. The summed E-state index contributed by atoms with van der Waals surface area (Å²) < 4.78 is 1.94. The van der Waals surface area contributed by atoms with E-state index in [1.807, 2.05) is 84.3 Å². The van der Waals surface area contributed by atoms with E-state index in [9.17, 15) is 9.90 Å². The number of benzene rings is 3. The molecule has 0 saturated heterocycles. The van der Waals surface area contributed by atoms with Crippen molar-refractivity contribution in [1.82, 2.24) is 4.57 Å². The number of nitrogens with zero attached hydrogens (tertiary/aromatic N) is 1. The van der Waals surface area contributed by atoms with E-state index in [2.05, 4.69) is 0 Å². The highest BCUT2D eigenvalue weighted by molar-refractivity contribution is 6.10. The maximum Gasteiger partial charge on any atom is 0.213 e. The van der Waals surface area contributed by atoms with Crippen LogP contribution in [0, 0.1) is 6.92 Å².